The Morgan fingerprint density at radius 3 is 2.54 bits per heavy atom. The fourth-order valence-corrected chi connectivity index (χ4v) is 3.29. The van der Waals surface area contributed by atoms with Crippen molar-refractivity contribution >= 4 is 36.4 Å². The highest BCUT2D eigenvalue weighted by Gasteiger charge is 2.22. The van der Waals surface area contributed by atoms with Crippen LogP contribution in [0.1, 0.15) is 46.0 Å². The standard InChI is InChI=1S/C20H24N2O4.2ClH/c1-12-9-15(25-3)6-7-16(12)22-19(23)18-13(2)10-17(26-20(18)24)14-5-4-8-21-11-14;;/h6-7,9-10,14,21H,4-5,8,11H2,1-3H3,(H,22,23);2*1H. The number of halogens is 2. The van der Waals surface area contributed by atoms with Crippen molar-refractivity contribution in [3.8, 4) is 5.75 Å². The van der Waals surface area contributed by atoms with E-state index in [1.54, 1.807) is 26.2 Å². The summed E-state index contributed by atoms with van der Waals surface area (Å²) in [6, 6.07) is 7.15. The lowest BCUT2D eigenvalue weighted by Crippen LogP contribution is -2.30. The van der Waals surface area contributed by atoms with E-state index in [0.717, 1.165) is 31.5 Å². The van der Waals surface area contributed by atoms with Crippen molar-refractivity contribution in [1.29, 1.82) is 0 Å². The Kier molecular flexibility index (Phi) is 9.01. The number of carbonyl (C=O) groups is 1. The summed E-state index contributed by atoms with van der Waals surface area (Å²) in [4.78, 5) is 25.1. The maximum atomic E-state index is 12.6. The van der Waals surface area contributed by atoms with E-state index in [1.165, 1.54) is 0 Å². The highest BCUT2D eigenvalue weighted by atomic mass is 35.5. The number of nitrogens with one attached hydrogen (secondary N) is 2. The molecule has 8 heteroatoms. The predicted molar refractivity (Wildman–Crippen MR) is 115 cm³/mol. The molecular weight excluding hydrogens is 403 g/mol. The van der Waals surface area contributed by atoms with E-state index in [4.69, 9.17) is 9.15 Å². The van der Waals surface area contributed by atoms with Crippen molar-refractivity contribution in [2.75, 3.05) is 25.5 Å². The van der Waals surface area contributed by atoms with Crippen molar-refractivity contribution in [2.24, 2.45) is 0 Å². The molecule has 1 amide bonds. The van der Waals surface area contributed by atoms with Crippen molar-refractivity contribution in [2.45, 2.75) is 32.6 Å². The van der Waals surface area contributed by atoms with Crippen LogP contribution < -0.4 is 21.0 Å². The highest BCUT2D eigenvalue weighted by Crippen LogP contribution is 2.25. The van der Waals surface area contributed by atoms with Crippen LogP contribution in [0.15, 0.2) is 33.5 Å². The lowest BCUT2D eigenvalue weighted by Gasteiger charge is -2.22. The van der Waals surface area contributed by atoms with Crippen LogP contribution in [0.4, 0.5) is 5.69 Å². The van der Waals surface area contributed by atoms with Gasteiger partial charge in [-0.05, 0) is 68.6 Å². The fraction of sp³-hybridized carbons (Fsp3) is 0.400. The summed E-state index contributed by atoms with van der Waals surface area (Å²) in [6.07, 6.45) is 2.03. The minimum Gasteiger partial charge on any atom is -0.497 e. The average Bonchev–Trinajstić information content (AvgIpc) is 2.63. The van der Waals surface area contributed by atoms with Gasteiger partial charge in [-0.1, -0.05) is 0 Å². The third-order valence-electron chi connectivity index (χ3n) is 4.78. The van der Waals surface area contributed by atoms with Crippen LogP contribution >= 0.6 is 24.8 Å². The van der Waals surface area contributed by atoms with Gasteiger partial charge in [0.2, 0.25) is 0 Å². The molecule has 2 heterocycles. The number of hydrogen-bond donors (Lipinski definition) is 2. The third-order valence-corrected chi connectivity index (χ3v) is 4.78. The third kappa shape index (κ3) is 5.28. The van der Waals surface area contributed by atoms with Crippen LogP contribution in [-0.4, -0.2) is 26.1 Å². The highest BCUT2D eigenvalue weighted by molar-refractivity contribution is 6.05. The number of hydrogen-bond acceptors (Lipinski definition) is 5. The lowest BCUT2D eigenvalue weighted by atomic mass is 9.95. The molecule has 0 spiro atoms. The van der Waals surface area contributed by atoms with Gasteiger partial charge in [0.1, 0.15) is 17.1 Å². The van der Waals surface area contributed by atoms with Crippen LogP contribution in [0.25, 0.3) is 0 Å². The fourth-order valence-electron chi connectivity index (χ4n) is 3.29. The first-order valence-corrected chi connectivity index (χ1v) is 8.81. The number of anilines is 1. The second kappa shape index (κ2) is 10.5. The molecule has 1 aliphatic rings. The molecule has 1 atom stereocenters. The van der Waals surface area contributed by atoms with E-state index in [1.807, 2.05) is 19.1 Å². The summed E-state index contributed by atoms with van der Waals surface area (Å²) >= 11 is 0. The molecule has 1 aromatic carbocycles. The molecule has 1 saturated heterocycles. The zero-order valence-corrected chi connectivity index (χ0v) is 17.8. The molecule has 0 aliphatic carbocycles. The number of amides is 1. The largest absolute Gasteiger partial charge is 0.497 e. The molecule has 1 fully saturated rings. The van der Waals surface area contributed by atoms with E-state index >= 15 is 0 Å². The number of methoxy groups -OCH3 is 1. The van der Waals surface area contributed by atoms with Gasteiger partial charge in [-0.2, -0.15) is 0 Å². The monoisotopic (exact) mass is 428 g/mol. The van der Waals surface area contributed by atoms with Crippen LogP contribution in [0, 0.1) is 13.8 Å². The van der Waals surface area contributed by atoms with Crippen molar-refractivity contribution in [3.63, 3.8) is 0 Å². The SMILES string of the molecule is COc1ccc(NC(=O)c2c(C)cc(C3CCCNC3)oc2=O)c(C)c1.Cl.Cl. The number of piperidine rings is 1. The molecular formula is C20H26Cl2N2O4. The first-order valence-electron chi connectivity index (χ1n) is 8.81. The van der Waals surface area contributed by atoms with E-state index in [2.05, 4.69) is 10.6 Å². The molecule has 28 heavy (non-hydrogen) atoms. The molecule has 0 radical (unpaired) electrons. The van der Waals surface area contributed by atoms with Gasteiger partial charge in [0.05, 0.1) is 7.11 Å². The number of carbonyl (C=O) groups excluding carboxylic acids is 1. The normalized spacial score (nSPS) is 15.8. The Balaban J connectivity index is 0.00000196. The molecule has 1 aromatic heterocycles. The second-order valence-corrected chi connectivity index (χ2v) is 6.67. The molecule has 1 unspecified atom stereocenters. The summed E-state index contributed by atoms with van der Waals surface area (Å²) in [7, 11) is 1.59. The number of rotatable bonds is 4. The second-order valence-electron chi connectivity index (χ2n) is 6.67. The lowest BCUT2D eigenvalue weighted by molar-refractivity contribution is 0.102. The zero-order chi connectivity index (χ0) is 18.7. The van der Waals surface area contributed by atoms with E-state index < -0.39 is 11.5 Å². The average molecular weight is 429 g/mol. The van der Waals surface area contributed by atoms with Gasteiger partial charge in [0.15, 0.2) is 0 Å². The van der Waals surface area contributed by atoms with Gasteiger partial charge in [-0.3, -0.25) is 4.79 Å². The first-order chi connectivity index (χ1) is 12.5. The minimum absolute atomic E-state index is 0. The van der Waals surface area contributed by atoms with Crippen LogP contribution in [0.3, 0.4) is 0 Å². The molecule has 3 rings (SSSR count). The maximum absolute atomic E-state index is 12.6. The summed E-state index contributed by atoms with van der Waals surface area (Å²) < 4.78 is 10.6. The van der Waals surface area contributed by atoms with Crippen LogP contribution in [0.5, 0.6) is 5.75 Å². The zero-order valence-electron chi connectivity index (χ0n) is 16.2. The number of aryl methyl sites for hydroxylation is 2. The van der Waals surface area contributed by atoms with Gasteiger partial charge in [-0.15, -0.1) is 24.8 Å². The van der Waals surface area contributed by atoms with Gasteiger partial charge in [-0.25, -0.2) is 4.79 Å². The first kappa shape index (κ1) is 24.0. The van der Waals surface area contributed by atoms with Crippen LogP contribution in [-0.2, 0) is 0 Å². The van der Waals surface area contributed by atoms with Gasteiger partial charge in [0, 0.05) is 18.2 Å². The Labute approximate surface area is 176 Å². The summed E-state index contributed by atoms with van der Waals surface area (Å²) in [5.74, 6) is 1.08. The molecule has 2 aromatic rings. The molecule has 154 valence electrons. The van der Waals surface area contributed by atoms with Gasteiger partial charge >= 0.3 is 5.63 Å². The Morgan fingerprint density at radius 2 is 1.96 bits per heavy atom. The van der Waals surface area contributed by atoms with Crippen LogP contribution in [0.2, 0.25) is 0 Å². The Morgan fingerprint density at radius 1 is 1.21 bits per heavy atom. The smallest absolute Gasteiger partial charge is 0.349 e. The van der Waals surface area contributed by atoms with Gasteiger partial charge in [0.25, 0.3) is 5.91 Å². The molecule has 6 nitrogen and oxygen atoms in total. The topological polar surface area (TPSA) is 80.6 Å². The maximum Gasteiger partial charge on any atom is 0.349 e. The summed E-state index contributed by atoms with van der Waals surface area (Å²) in [5, 5.41) is 6.10. The molecule has 2 N–H and O–H groups in total. The number of benzene rings is 1. The van der Waals surface area contributed by atoms with Crippen molar-refractivity contribution in [1.82, 2.24) is 5.32 Å². The Bertz CT molecular complexity index is 877. The van der Waals surface area contributed by atoms with E-state index in [9.17, 15) is 9.59 Å². The van der Waals surface area contributed by atoms with E-state index in [0.29, 0.717) is 22.8 Å². The molecule has 0 saturated carbocycles. The summed E-state index contributed by atoms with van der Waals surface area (Å²) in [6.45, 7) is 5.42. The number of ether oxygens (including phenoxy) is 1. The van der Waals surface area contributed by atoms with Crippen molar-refractivity contribution in [3.05, 3.63) is 57.1 Å². The van der Waals surface area contributed by atoms with Gasteiger partial charge < -0.3 is 19.8 Å². The molecule has 0 bridgehead atoms. The quantitative estimate of drug-likeness (QED) is 0.772. The van der Waals surface area contributed by atoms with Crippen molar-refractivity contribution < 1.29 is 13.9 Å². The molecule has 1 aliphatic heterocycles. The van der Waals surface area contributed by atoms with E-state index in [-0.39, 0.29) is 36.3 Å². The summed E-state index contributed by atoms with van der Waals surface area (Å²) in [5.41, 5.74) is 1.58. The predicted octanol–water partition coefficient (Wildman–Crippen LogP) is 3.83. The Hall–Kier alpha value is -2.02. The minimum atomic E-state index is -0.589.